The molecule has 76 valence electrons. The Morgan fingerprint density at radius 2 is 1.93 bits per heavy atom. The number of nitrogens with two attached hydrogens (primary N) is 1. The number of hydrogen-bond donors (Lipinski definition) is 1. The van der Waals surface area contributed by atoms with Gasteiger partial charge in [0.15, 0.2) is 5.82 Å². The molecular formula is C11H11N3O. The highest BCUT2D eigenvalue weighted by atomic mass is 16.5. The lowest BCUT2D eigenvalue weighted by molar-refractivity contribution is 0.351. The lowest BCUT2D eigenvalue weighted by atomic mass is 10.3. The molecule has 1 aromatic carbocycles. The van der Waals surface area contributed by atoms with E-state index in [1.807, 2.05) is 24.3 Å². The summed E-state index contributed by atoms with van der Waals surface area (Å²) < 4.78 is 5.28. The molecule has 0 saturated carbocycles. The Morgan fingerprint density at radius 1 is 1.27 bits per heavy atom. The van der Waals surface area contributed by atoms with Crippen LogP contribution in [0.25, 0.3) is 11.0 Å². The zero-order chi connectivity index (χ0) is 10.7. The molecule has 0 radical (unpaired) electrons. The average Bonchev–Trinajstić information content (AvgIpc) is 2.26. The van der Waals surface area contributed by atoms with E-state index in [1.54, 1.807) is 6.08 Å². The van der Waals surface area contributed by atoms with Crippen molar-refractivity contribution in [2.45, 2.75) is 0 Å². The zero-order valence-corrected chi connectivity index (χ0v) is 8.18. The number of anilines is 1. The van der Waals surface area contributed by atoms with Crippen LogP contribution >= 0.6 is 0 Å². The molecule has 0 aliphatic rings. The van der Waals surface area contributed by atoms with E-state index in [0.717, 1.165) is 11.0 Å². The van der Waals surface area contributed by atoms with Crippen LogP contribution in [0.5, 0.6) is 5.88 Å². The van der Waals surface area contributed by atoms with Crippen LogP contribution < -0.4 is 10.5 Å². The standard InChI is InChI=1S/C11H11N3O/c1-2-7-15-11-10(12)13-8-5-3-4-6-9(8)14-11/h2-6H,1,7H2,(H2,12,13). The molecule has 2 N–H and O–H groups in total. The van der Waals surface area contributed by atoms with Gasteiger partial charge in [0.1, 0.15) is 6.61 Å². The summed E-state index contributed by atoms with van der Waals surface area (Å²) in [6.07, 6.45) is 1.64. The monoisotopic (exact) mass is 201 g/mol. The lowest BCUT2D eigenvalue weighted by Gasteiger charge is -2.05. The van der Waals surface area contributed by atoms with Crippen LogP contribution in [-0.4, -0.2) is 16.6 Å². The maximum Gasteiger partial charge on any atom is 0.258 e. The van der Waals surface area contributed by atoms with Gasteiger partial charge >= 0.3 is 0 Å². The van der Waals surface area contributed by atoms with Crippen molar-refractivity contribution in [1.29, 1.82) is 0 Å². The van der Waals surface area contributed by atoms with Gasteiger partial charge in [0.05, 0.1) is 11.0 Å². The molecule has 0 bridgehead atoms. The number of aromatic nitrogens is 2. The van der Waals surface area contributed by atoms with Gasteiger partial charge in [0.2, 0.25) is 0 Å². The van der Waals surface area contributed by atoms with Crippen LogP contribution in [0.4, 0.5) is 5.82 Å². The van der Waals surface area contributed by atoms with Crippen LogP contribution in [0.15, 0.2) is 36.9 Å². The zero-order valence-electron chi connectivity index (χ0n) is 8.18. The summed E-state index contributed by atoms with van der Waals surface area (Å²) >= 11 is 0. The molecule has 2 aromatic rings. The van der Waals surface area contributed by atoms with Crippen molar-refractivity contribution in [3.05, 3.63) is 36.9 Å². The van der Waals surface area contributed by atoms with Crippen LogP contribution in [-0.2, 0) is 0 Å². The number of ether oxygens (including phenoxy) is 1. The second-order valence-electron chi connectivity index (χ2n) is 3.00. The Bertz CT molecular complexity index is 496. The highest BCUT2D eigenvalue weighted by molar-refractivity contribution is 5.76. The summed E-state index contributed by atoms with van der Waals surface area (Å²) in [6, 6.07) is 7.50. The minimum absolute atomic E-state index is 0.301. The first-order valence-electron chi connectivity index (χ1n) is 4.57. The topological polar surface area (TPSA) is 61.0 Å². The number of nitrogen functional groups attached to an aromatic ring is 1. The molecule has 0 unspecified atom stereocenters. The lowest BCUT2D eigenvalue weighted by Crippen LogP contribution is -2.02. The Labute approximate surface area is 87.4 Å². The van der Waals surface area contributed by atoms with E-state index < -0.39 is 0 Å². The van der Waals surface area contributed by atoms with Crippen molar-refractivity contribution < 1.29 is 4.74 Å². The van der Waals surface area contributed by atoms with Crippen molar-refractivity contribution in [1.82, 2.24) is 9.97 Å². The SMILES string of the molecule is C=CCOc1nc2ccccc2nc1N. The van der Waals surface area contributed by atoms with Gasteiger partial charge < -0.3 is 10.5 Å². The summed E-state index contributed by atoms with van der Waals surface area (Å²) in [7, 11) is 0. The fourth-order valence-electron chi connectivity index (χ4n) is 1.24. The van der Waals surface area contributed by atoms with Crippen molar-refractivity contribution in [3.63, 3.8) is 0 Å². The van der Waals surface area contributed by atoms with Crippen LogP contribution in [0, 0.1) is 0 Å². The summed E-state index contributed by atoms with van der Waals surface area (Å²) in [5, 5.41) is 0. The quantitative estimate of drug-likeness (QED) is 0.769. The van der Waals surface area contributed by atoms with E-state index in [4.69, 9.17) is 10.5 Å². The van der Waals surface area contributed by atoms with Gasteiger partial charge in [-0.1, -0.05) is 24.8 Å². The number of nitrogens with zero attached hydrogens (tertiary/aromatic N) is 2. The molecule has 15 heavy (non-hydrogen) atoms. The molecule has 1 heterocycles. The maximum absolute atomic E-state index is 5.69. The first-order chi connectivity index (χ1) is 7.31. The van der Waals surface area contributed by atoms with Gasteiger partial charge in [0, 0.05) is 0 Å². The first-order valence-corrected chi connectivity index (χ1v) is 4.57. The Kier molecular flexibility index (Phi) is 2.49. The fraction of sp³-hybridized carbons (Fsp3) is 0.0909. The van der Waals surface area contributed by atoms with Crippen LogP contribution in [0.2, 0.25) is 0 Å². The fourth-order valence-corrected chi connectivity index (χ4v) is 1.24. The summed E-state index contributed by atoms with van der Waals surface area (Å²) in [5.41, 5.74) is 7.23. The maximum atomic E-state index is 5.69. The van der Waals surface area contributed by atoms with Crippen LogP contribution in [0.3, 0.4) is 0 Å². The molecule has 1 aromatic heterocycles. The predicted octanol–water partition coefficient (Wildman–Crippen LogP) is 1.78. The minimum Gasteiger partial charge on any atom is -0.471 e. The highest BCUT2D eigenvalue weighted by Gasteiger charge is 2.05. The molecule has 0 saturated heterocycles. The second kappa shape index (κ2) is 3.96. The first kappa shape index (κ1) is 9.45. The average molecular weight is 201 g/mol. The number of benzene rings is 1. The molecule has 0 atom stereocenters. The van der Waals surface area contributed by atoms with E-state index in [1.165, 1.54) is 0 Å². The Balaban J connectivity index is 2.47. The largest absolute Gasteiger partial charge is 0.471 e. The highest BCUT2D eigenvalue weighted by Crippen LogP contribution is 2.20. The molecule has 4 heteroatoms. The van der Waals surface area contributed by atoms with E-state index in [-0.39, 0.29) is 0 Å². The number of hydrogen-bond acceptors (Lipinski definition) is 4. The summed E-state index contributed by atoms with van der Waals surface area (Å²) in [5.74, 6) is 0.657. The molecular weight excluding hydrogens is 190 g/mol. The number of rotatable bonds is 3. The summed E-state index contributed by atoms with van der Waals surface area (Å²) in [6.45, 7) is 3.93. The van der Waals surface area contributed by atoms with Gasteiger partial charge in [-0.05, 0) is 12.1 Å². The molecule has 2 rings (SSSR count). The third-order valence-corrected chi connectivity index (χ3v) is 1.90. The van der Waals surface area contributed by atoms with Crippen LogP contribution in [0.1, 0.15) is 0 Å². The smallest absolute Gasteiger partial charge is 0.258 e. The molecule has 4 nitrogen and oxygen atoms in total. The normalized spacial score (nSPS) is 10.1. The van der Waals surface area contributed by atoms with Gasteiger partial charge in [-0.15, -0.1) is 0 Å². The molecule has 0 aliphatic carbocycles. The van der Waals surface area contributed by atoms with E-state index in [9.17, 15) is 0 Å². The third kappa shape index (κ3) is 1.88. The Morgan fingerprint density at radius 3 is 2.60 bits per heavy atom. The minimum atomic E-state index is 0.301. The van der Waals surface area contributed by atoms with Gasteiger partial charge in [-0.3, -0.25) is 0 Å². The summed E-state index contributed by atoms with van der Waals surface area (Å²) in [4.78, 5) is 8.44. The molecule has 0 amide bonds. The molecule has 0 spiro atoms. The molecule has 0 aliphatic heterocycles. The van der Waals surface area contributed by atoms with Crippen molar-refractivity contribution in [2.24, 2.45) is 0 Å². The third-order valence-electron chi connectivity index (χ3n) is 1.90. The second-order valence-corrected chi connectivity index (χ2v) is 3.00. The van der Waals surface area contributed by atoms with Crippen molar-refractivity contribution in [2.75, 3.05) is 12.3 Å². The van der Waals surface area contributed by atoms with E-state index in [0.29, 0.717) is 18.3 Å². The predicted molar refractivity (Wildman–Crippen MR) is 59.6 cm³/mol. The van der Waals surface area contributed by atoms with Crippen molar-refractivity contribution in [3.8, 4) is 5.88 Å². The number of fused-ring (bicyclic) bond motifs is 1. The van der Waals surface area contributed by atoms with Crippen molar-refractivity contribution >= 4 is 16.9 Å². The van der Waals surface area contributed by atoms with E-state index in [2.05, 4.69) is 16.5 Å². The Hall–Kier alpha value is -2.10. The molecule has 0 fully saturated rings. The van der Waals surface area contributed by atoms with E-state index >= 15 is 0 Å². The van der Waals surface area contributed by atoms with Gasteiger partial charge in [0.25, 0.3) is 5.88 Å². The van der Waals surface area contributed by atoms with Gasteiger partial charge in [-0.2, -0.15) is 0 Å². The number of para-hydroxylation sites is 2. The van der Waals surface area contributed by atoms with Gasteiger partial charge in [-0.25, -0.2) is 9.97 Å².